The Hall–Kier alpha value is -4.03. The summed E-state index contributed by atoms with van der Waals surface area (Å²) < 4.78 is 107. The largest absolute Gasteiger partial charge is 0.496 e. The minimum atomic E-state index is -5.05. The van der Waals surface area contributed by atoms with Crippen LogP contribution >= 0.6 is 0 Å². The van der Waals surface area contributed by atoms with Gasteiger partial charge in [0.05, 0.1) is 36.0 Å². The molecule has 5 rings (SSSR count). The highest BCUT2D eigenvalue weighted by molar-refractivity contribution is 5.77. The number of carbonyl (C=O) groups excluding carboxylic acids is 1. The zero-order chi connectivity index (χ0) is 32.3. The van der Waals surface area contributed by atoms with Gasteiger partial charge in [0.25, 0.3) is 0 Å². The molecule has 3 aromatic rings. The van der Waals surface area contributed by atoms with Crippen LogP contribution < -0.4 is 9.64 Å². The van der Waals surface area contributed by atoms with Gasteiger partial charge in [-0.3, -0.25) is 4.90 Å². The van der Waals surface area contributed by atoms with Crippen LogP contribution in [0.25, 0.3) is 11.1 Å². The maximum atomic E-state index is 14.9. The van der Waals surface area contributed by atoms with E-state index in [1.165, 1.54) is 18.1 Å². The number of amides is 1. The molecule has 2 fully saturated rings. The molecule has 0 saturated carbocycles. The van der Waals surface area contributed by atoms with E-state index in [-0.39, 0.29) is 24.2 Å². The molecule has 1 aromatic heterocycles. The molecule has 3 heterocycles. The second-order valence-corrected chi connectivity index (χ2v) is 11.4. The van der Waals surface area contributed by atoms with Crippen molar-refractivity contribution in [1.29, 1.82) is 0 Å². The van der Waals surface area contributed by atoms with Gasteiger partial charge in [-0.15, -0.1) is 0 Å². The highest BCUT2D eigenvalue weighted by Crippen LogP contribution is 2.51. The second-order valence-electron chi connectivity index (χ2n) is 11.4. The SMILES string of the molecule is COc1cc(F)c(C(C)C)cc1-c1ccc(N(C)C)nc1[C@@H]1CCC2[C@@H](c3cc(C(F)(F)F)cc(C(F)(F)F)c3)OC(=O)N21. The van der Waals surface area contributed by atoms with Gasteiger partial charge in [0.15, 0.2) is 0 Å². The smallest absolute Gasteiger partial charge is 0.416 e. The van der Waals surface area contributed by atoms with Gasteiger partial charge in [0.2, 0.25) is 0 Å². The number of hydrogen-bond donors (Lipinski definition) is 0. The number of fused-ring (bicyclic) bond motifs is 1. The molecule has 13 heteroatoms. The number of nitrogens with zero attached hydrogens (tertiary/aromatic N) is 3. The van der Waals surface area contributed by atoms with E-state index in [4.69, 9.17) is 14.5 Å². The maximum absolute atomic E-state index is 14.9. The molecule has 1 unspecified atom stereocenters. The van der Waals surface area contributed by atoms with Gasteiger partial charge in [-0.1, -0.05) is 13.8 Å². The summed E-state index contributed by atoms with van der Waals surface area (Å²) in [5, 5.41) is 0. The zero-order valence-electron chi connectivity index (χ0n) is 24.5. The Morgan fingerprint density at radius 3 is 2.14 bits per heavy atom. The third-order valence-electron chi connectivity index (χ3n) is 8.07. The molecule has 2 aliphatic rings. The van der Waals surface area contributed by atoms with E-state index in [1.807, 2.05) is 13.8 Å². The Bertz CT molecular complexity index is 1550. The van der Waals surface area contributed by atoms with Crippen molar-refractivity contribution in [3.05, 3.63) is 76.2 Å². The quantitative estimate of drug-likeness (QED) is 0.257. The normalized spacial score (nSPS) is 20.2. The van der Waals surface area contributed by atoms with Crippen LogP contribution in [0.3, 0.4) is 0 Å². The Kier molecular flexibility index (Phi) is 7.96. The number of anilines is 1. The molecule has 1 amide bonds. The molecule has 0 N–H and O–H groups in total. The lowest BCUT2D eigenvalue weighted by atomic mass is 9.93. The number of alkyl halides is 6. The summed E-state index contributed by atoms with van der Waals surface area (Å²) in [5.41, 5.74) is -1.47. The zero-order valence-corrected chi connectivity index (χ0v) is 24.5. The van der Waals surface area contributed by atoms with Crippen LogP contribution in [0.2, 0.25) is 0 Å². The van der Waals surface area contributed by atoms with E-state index < -0.39 is 59.1 Å². The fourth-order valence-electron chi connectivity index (χ4n) is 5.94. The van der Waals surface area contributed by atoms with Crippen molar-refractivity contribution >= 4 is 11.9 Å². The van der Waals surface area contributed by atoms with Crippen LogP contribution in [-0.2, 0) is 17.1 Å². The van der Waals surface area contributed by atoms with E-state index in [0.717, 1.165) is 0 Å². The second kappa shape index (κ2) is 11.2. The lowest BCUT2D eigenvalue weighted by molar-refractivity contribution is -0.143. The topological polar surface area (TPSA) is 54.9 Å². The van der Waals surface area contributed by atoms with Gasteiger partial charge >= 0.3 is 18.4 Å². The molecular weight excluding hydrogens is 595 g/mol. The minimum Gasteiger partial charge on any atom is -0.496 e. The van der Waals surface area contributed by atoms with E-state index in [2.05, 4.69) is 0 Å². The number of ether oxygens (including phenoxy) is 2. The van der Waals surface area contributed by atoms with Crippen LogP contribution in [0.1, 0.15) is 72.7 Å². The fraction of sp³-hybridized carbons (Fsp3) is 0.419. The number of pyridine rings is 1. The first-order valence-corrected chi connectivity index (χ1v) is 13.9. The summed E-state index contributed by atoms with van der Waals surface area (Å²) in [7, 11) is 4.93. The van der Waals surface area contributed by atoms with Crippen molar-refractivity contribution in [2.24, 2.45) is 0 Å². The van der Waals surface area contributed by atoms with Crippen LogP contribution in [0.4, 0.5) is 41.3 Å². The fourth-order valence-corrected chi connectivity index (χ4v) is 5.94. The summed E-state index contributed by atoms with van der Waals surface area (Å²) in [6.45, 7) is 3.67. The summed E-state index contributed by atoms with van der Waals surface area (Å²) in [5.74, 6) is 0.143. The van der Waals surface area contributed by atoms with Crippen molar-refractivity contribution in [2.45, 2.75) is 63.1 Å². The van der Waals surface area contributed by atoms with Crippen LogP contribution in [0.5, 0.6) is 5.75 Å². The molecule has 0 aliphatic carbocycles. The summed E-state index contributed by atoms with van der Waals surface area (Å²) in [6.07, 6.45) is -11.8. The molecular formula is C31H30F7N3O3. The molecule has 0 spiro atoms. The molecule has 3 atom stereocenters. The predicted molar refractivity (Wildman–Crippen MR) is 148 cm³/mol. The Morgan fingerprint density at radius 2 is 1.59 bits per heavy atom. The molecule has 44 heavy (non-hydrogen) atoms. The van der Waals surface area contributed by atoms with E-state index >= 15 is 0 Å². The number of rotatable bonds is 6. The Balaban J connectivity index is 1.62. The van der Waals surface area contributed by atoms with E-state index in [0.29, 0.717) is 46.8 Å². The predicted octanol–water partition coefficient (Wildman–Crippen LogP) is 8.52. The molecule has 2 saturated heterocycles. The molecule has 236 valence electrons. The molecule has 2 aromatic carbocycles. The summed E-state index contributed by atoms with van der Waals surface area (Å²) in [4.78, 5) is 21.2. The van der Waals surface area contributed by atoms with Gasteiger partial charge in [0.1, 0.15) is 23.5 Å². The average molecular weight is 626 g/mol. The molecule has 0 bridgehead atoms. The van der Waals surface area contributed by atoms with Crippen molar-refractivity contribution in [1.82, 2.24) is 9.88 Å². The van der Waals surface area contributed by atoms with E-state index in [1.54, 1.807) is 37.2 Å². The van der Waals surface area contributed by atoms with E-state index in [9.17, 15) is 35.5 Å². The third-order valence-corrected chi connectivity index (χ3v) is 8.07. The number of hydrogen-bond acceptors (Lipinski definition) is 5. The first-order valence-electron chi connectivity index (χ1n) is 13.9. The minimum absolute atomic E-state index is 0.0416. The first-order chi connectivity index (χ1) is 20.5. The van der Waals surface area contributed by atoms with Gasteiger partial charge in [-0.2, -0.15) is 26.3 Å². The monoisotopic (exact) mass is 625 g/mol. The summed E-state index contributed by atoms with van der Waals surface area (Å²) in [6, 6.07) is 6.09. The van der Waals surface area contributed by atoms with Crippen molar-refractivity contribution in [2.75, 3.05) is 26.1 Å². The van der Waals surface area contributed by atoms with Crippen LogP contribution in [0, 0.1) is 5.82 Å². The Labute approximate surface area is 249 Å². The molecule has 0 radical (unpaired) electrons. The lowest BCUT2D eigenvalue weighted by Crippen LogP contribution is -2.31. The van der Waals surface area contributed by atoms with Crippen molar-refractivity contribution in [3.8, 4) is 16.9 Å². The number of halogens is 7. The van der Waals surface area contributed by atoms with Gasteiger partial charge in [0, 0.05) is 31.3 Å². The van der Waals surface area contributed by atoms with Crippen LogP contribution in [0.15, 0.2) is 42.5 Å². The highest BCUT2D eigenvalue weighted by Gasteiger charge is 2.52. The van der Waals surface area contributed by atoms with Gasteiger partial charge in [-0.25, -0.2) is 14.2 Å². The van der Waals surface area contributed by atoms with Crippen LogP contribution in [-0.4, -0.2) is 43.2 Å². The number of aromatic nitrogens is 1. The first kappa shape index (κ1) is 31.4. The standard InChI is InChI=1S/C31H30F7N3O3/c1-15(2)20-13-21(25(43-5)14-22(20)32)19-6-9-26(40(3)4)39-27(19)23-7-8-24-28(44-29(42)41(23)24)16-10-17(30(33,34)35)12-18(11-16)31(36,37)38/h6,9-15,23-24,28H,7-8H2,1-5H3/t23-,24?,28+/m0/s1. The molecule has 6 nitrogen and oxygen atoms in total. The lowest BCUT2D eigenvalue weighted by Gasteiger charge is -2.26. The van der Waals surface area contributed by atoms with Crippen molar-refractivity contribution in [3.63, 3.8) is 0 Å². The summed E-state index contributed by atoms with van der Waals surface area (Å²) >= 11 is 0. The number of benzene rings is 2. The van der Waals surface area contributed by atoms with Gasteiger partial charge < -0.3 is 14.4 Å². The van der Waals surface area contributed by atoms with Gasteiger partial charge in [-0.05, 0) is 66.3 Å². The number of methoxy groups -OCH3 is 1. The van der Waals surface area contributed by atoms with Crippen molar-refractivity contribution < 1.29 is 45.0 Å². The highest BCUT2D eigenvalue weighted by atomic mass is 19.4. The number of carbonyl (C=O) groups is 1. The molecule has 2 aliphatic heterocycles. The third kappa shape index (κ3) is 5.63. The maximum Gasteiger partial charge on any atom is 0.416 e. The Morgan fingerprint density at radius 1 is 0.955 bits per heavy atom. The average Bonchev–Trinajstić information content (AvgIpc) is 3.52. The number of cyclic esters (lactones) is 1.